The van der Waals surface area contributed by atoms with Crippen molar-refractivity contribution in [1.82, 2.24) is 9.80 Å². The molecule has 0 atom stereocenters. The number of carbonyl (C=O) groups excluding carboxylic acids is 2. The average molecular weight is 350 g/mol. The van der Waals surface area contributed by atoms with E-state index in [0.717, 1.165) is 17.7 Å². The number of amides is 2. The van der Waals surface area contributed by atoms with Gasteiger partial charge in [0.25, 0.3) is 0 Å². The summed E-state index contributed by atoms with van der Waals surface area (Å²) in [6.45, 7) is 2.99. The van der Waals surface area contributed by atoms with Crippen molar-refractivity contribution >= 4 is 11.8 Å². The Hall–Kier alpha value is -1.31. The number of aliphatic hydroxyl groups excluding tert-OH is 1. The number of nitrogens with zero attached hydrogens (tertiary/aromatic N) is 2. The van der Waals surface area contributed by atoms with Crippen molar-refractivity contribution in [1.29, 1.82) is 0 Å². The Labute approximate surface area is 139 Å². The molecule has 1 N–H and O–H groups in total. The van der Waals surface area contributed by atoms with Gasteiger partial charge in [0.2, 0.25) is 11.8 Å². The zero-order valence-corrected chi connectivity index (χ0v) is 14.1. The number of rotatable bonds is 4. The van der Waals surface area contributed by atoms with E-state index in [1.165, 1.54) is 4.90 Å². The van der Waals surface area contributed by atoms with Crippen molar-refractivity contribution in [2.24, 2.45) is 11.3 Å². The van der Waals surface area contributed by atoms with Crippen molar-refractivity contribution in [3.63, 3.8) is 0 Å². The van der Waals surface area contributed by atoms with E-state index in [2.05, 4.69) is 0 Å². The van der Waals surface area contributed by atoms with Gasteiger partial charge in [-0.3, -0.25) is 9.59 Å². The Morgan fingerprint density at radius 3 is 2.33 bits per heavy atom. The summed E-state index contributed by atoms with van der Waals surface area (Å²) in [5, 5.41) is 9.60. The Bertz CT molecular complexity index is 485. The number of alkyl halides is 3. The molecule has 0 unspecified atom stereocenters. The van der Waals surface area contributed by atoms with E-state index in [4.69, 9.17) is 0 Å². The van der Waals surface area contributed by atoms with Gasteiger partial charge in [-0.05, 0) is 31.6 Å². The maximum absolute atomic E-state index is 12.8. The third-order valence-corrected chi connectivity index (χ3v) is 5.24. The highest BCUT2D eigenvalue weighted by molar-refractivity contribution is 5.90. The molecule has 1 aliphatic heterocycles. The zero-order chi connectivity index (χ0) is 18.1. The predicted molar refractivity (Wildman–Crippen MR) is 80.7 cm³/mol. The summed E-state index contributed by atoms with van der Waals surface area (Å²) >= 11 is 0. The first-order chi connectivity index (χ1) is 11.0. The minimum atomic E-state index is -4.32. The minimum absolute atomic E-state index is 0.0769. The summed E-state index contributed by atoms with van der Waals surface area (Å²) in [6.07, 6.45) is -2.93. The second-order valence-corrected chi connectivity index (χ2v) is 7.39. The summed E-state index contributed by atoms with van der Waals surface area (Å²) in [4.78, 5) is 27.1. The first kappa shape index (κ1) is 19.0. The molecule has 2 aliphatic rings. The normalized spacial score (nSPS) is 26.2. The standard InChI is InChI=1S/C16H25F3N2O3/c1-15(2,11-3-5-12(22)6-4-11)14(24)21-9-13(23)20(10-21)8-7-16(17,18)19/h11-12,22H,3-10H2,1-2H3. The molecule has 2 amide bonds. The summed E-state index contributed by atoms with van der Waals surface area (Å²) in [7, 11) is 0. The monoisotopic (exact) mass is 350 g/mol. The van der Waals surface area contributed by atoms with Gasteiger partial charge in [-0.15, -0.1) is 0 Å². The van der Waals surface area contributed by atoms with Crippen LogP contribution in [0.25, 0.3) is 0 Å². The van der Waals surface area contributed by atoms with Crippen LogP contribution in [0.15, 0.2) is 0 Å². The van der Waals surface area contributed by atoms with Gasteiger partial charge >= 0.3 is 6.18 Å². The minimum Gasteiger partial charge on any atom is -0.393 e. The van der Waals surface area contributed by atoms with Crippen molar-refractivity contribution in [2.75, 3.05) is 19.8 Å². The number of hydrogen-bond acceptors (Lipinski definition) is 3. The molecule has 0 spiro atoms. The van der Waals surface area contributed by atoms with Crippen LogP contribution in [0, 0.1) is 11.3 Å². The van der Waals surface area contributed by atoms with Gasteiger partial charge in [0, 0.05) is 12.0 Å². The van der Waals surface area contributed by atoms with Gasteiger partial charge in [0.1, 0.15) is 6.54 Å². The lowest BCUT2D eigenvalue weighted by molar-refractivity contribution is -0.145. The molecule has 2 fully saturated rings. The van der Waals surface area contributed by atoms with E-state index in [1.54, 1.807) is 0 Å². The molecule has 0 bridgehead atoms. The van der Waals surface area contributed by atoms with E-state index in [9.17, 15) is 27.9 Å². The van der Waals surface area contributed by atoms with Gasteiger partial charge in [0.05, 0.1) is 19.2 Å². The van der Waals surface area contributed by atoms with Crippen molar-refractivity contribution in [3.05, 3.63) is 0 Å². The SMILES string of the molecule is CC(C)(C(=O)N1CC(=O)N(CCC(F)(F)F)C1)C1CCC(O)CC1. The molecule has 8 heteroatoms. The molecule has 0 radical (unpaired) electrons. The molecule has 1 saturated carbocycles. The Balaban J connectivity index is 1.96. The van der Waals surface area contributed by atoms with Gasteiger partial charge in [-0.1, -0.05) is 13.8 Å². The number of aliphatic hydroxyl groups is 1. The van der Waals surface area contributed by atoms with Crippen LogP contribution in [0.5, 0.6) is 0 Å². The third kappa shape index (κ3) is 4.40. The van der Waals surface area contributed by atoms with Crippen LogP contribution in [-0.2, 0) is 9.59 Å². The first-order valence-electron chi connectivity index (χ1n) is 8.32. The fourth-order valence-electron chi connectivity index (χ4n) is 3.57. The number of carbonyl (C=O) groups is 2. The van der Waals surface area contributed by atoms with Gasteiger partial charge < -0.3 is 14.9 Å². The topological polar surface area (TPSA) is 60.9 Å². The maximum atomic E-state index is 12.8. The van der Waals surface area contributed by atoms with Crippen LogP contribution in [-0.4, -0.2) is 58.8 Å². The van der Waals surface area contributed by atoms with E-state index in [0.29, 0.717) is 12.8 Å². The fraction of sp³-hybridized carbons (Fsp3) is 0.875. The average Bonchev–Trinajstić information content (AvgIpc) is 2.85. The highest BCUT2D eigenvalue weighted by Crippen LogP contribution is 2.40. The first-order valence-corrected chi connectivity index (χ1v) is 8.32. The number of hydrogen-bond donors (Lipinski definition) is 1. The van der Waals surface area contributed by atoms with Crippen LogP contribution in [0.2, 0.25) is 0 Å². The molecule has 2 rings (SSSR count). The highest BCUT2D eigenvalue weighted by Gasteiger charge is 2.44. The van der Waals surface area contributed by atoms with E-state index in [-0.39, 0.29) is 31.1 Å². The largest absolute Gasteiger partial charge is 0.393 e. The second-order valence-electron chi connectivity index (χ2n) is 7.39. The molecule has 24 heavy (non-hydrogen) atoms. The van der Waals surface area contributed by atoms with Crippen molar-refractivity contribution in [2.45, 2.75) is 58.2 Å². The third-order valence-electron chi connectivity index (χ3n) is 5.24. The fourth-order valence-corrected chi connectivity index (χ4v) is 3.57. The van der Waals surface area contributed by atoms with Gasteiger partial charge in [-0.2, -0.15) is 13.2 Å². The summed E-state index contributed by atoms with van der Waals surface area (Å²) in [5.41, 5.74) is -0.694. The molecule has 0 aromatic carbocycles. The number of halogens is 3. The summed E-state index contributed by atoms with van der Waals surface area (Å²) in [6, 6.07) is 0. The zero-order valence-electron chi connectivity index (χ0n) is 14.1. The molecule has 1 aliphatic carbocycles. The molecular weight excluding hydrogens is 325 g/mol. The quantitative estimate of drug-likeness (QED) is 0.845. The summed E-state index contributed by atoms with van der Waals surface area (Å²) < 4.78 is 36.9. The highest BCUT2D eigenvalue weighted by atomic mass is 19.4. The molecule has 1 heterocycles. The van der Waals surface area contributed by atoms with E-state index < -0.39 is 30.5 Å². The maximum Gasteiger partial charge on any atom is 0.390 e. The van der Waals surface area contributed by atoms with Crippen LogP contribution < -0.4 is 0 Å². The lowest BCUT2D eigenvalue weighted by Crippen LogP contribution is -2.45. The molecule has 0 aromatic rings. The molecule has 1 saturated heterocycles. The van der Waals surface area contributed by atoms with E-state index >= 15 is 0 Å². The van der Waals surface area contributed by atoms with Crippen LogP contribution >= 0.6 is 0 Å². The van der Waals surface area contributed by atoms with Crippen molar-refractivity contribution < 1.29 is 27.9 Å². The molecule has 138 valence electrons. The van der Waals surface area contributed by atoms with Crippen LogP contribution in [0.4, 0.5) is 13.2 Å². The molecular formula is C16H25F3N2O3. The lowest BCUT2D eigenvalue weighted by Gasteiger charge is -2.39. The molecule has 5 nitrogen and oxygen atoms in total. The van der Waals surface area contributed by atoms with Crippen LogP contribution in [0.3, 0.4) is 0 Å². The van der Waals surface area contributed by atoms with Gasteiger partial charge in [0.15, 0.2) is 0 Å². The van der Waals surface area contributed by atoms with Crippen LogP contribution in [0.1, 0.15) is 46.0 Å². The molecule has 0 aromatic heterocycles. The smallest absolute Gasteiger partial charge is 0.390 e. The van der Waals surface area contributed by atoms with Crippen molar-refractivity contribution in [3.8, 4) is 0 Å². The Morgan fingerprint density at radius 1 is 1.21 bits per heavy atom. The van der Waals surface area contributed by atoms with Gasteiger partial charge in [-0.25, -0.2) is 0 Å². The van der Waals surface area contributed by atoms with E-state index in [1.807, 2.05) is 13.8 Å². The second kappa shape index (κ2) is 6.90. The summed E-state index contributed by atoms with van der Waals surface area (Å²) in [5.74, 6) is -0.540. The predicted octanol–water partition coefficient (Wildman–Crippen LogP) is 2.14. The Morgan fingerprint density at radius 2 is 1.79 bits per heavy atom. The lowest BCUT2D eigenvalue weighted by atomic mass is 9.70. The Kier molecular flexibility index (Phi) is 5.47.